The monoisotopic (exact) mass is 264 g/mol. The molecule has 0 radical (unpaired) electrons. The van der Waals surface area contributed by atoms with Crippen LogP contribution in [-0.4, -0.2) is 26.0 Å². The molecular weight excluding hydrogens is 249 g/mol. The Morgan fingerprint density at radius 3 is 2.50 bits per heavy atom. The van der Waals surface area contributed by atoms with Crippen LogP contribution in [-0.2, 0) is 9.53 Å². The molecule has 18 heavy (non-hydrogen) atoms. The lowest BCUT2D eigenvalue weighted by molar-refractivity contribution is -0.135. The van der Waals surface area contributed by atoms with Crippen LogP contribution in [0.25, 0.3) is 0 Å². The number of methoxy groups -OCH3 is 1. The first kappa shape index (κ1) is 16.1. The van der Waals surface area contributed by atoms with Gasteiger partial charge >= 0.3 is 5.97 Å². The third-order valence-electron chi connectivity index (χ3n) is 1.91. The third-order valence-corrected chi connectivity index (χ3v) is 1.91. The molecule has 3 N–H and O–H groups in total. The average Bonchev–Trinajstić information content (AvgIpc) is 2.35. The van der Waals surface area contributed by atoms with Crippen molar-refractivity contribution in [3.8, 4) is 0 Å². The first-order valence-corrected chi connectivity index (χ1v) is 5.00. The molecule has 0 unspecified atom stereocenters. The number of halogens is 3. The Morgan fingerprint density at radius 1 is 1.50 bits per heavy atom. The molecule has 4 nitrogen and oxygen atoms in total. The zero-order chi connectivity index (χ0) is 14.1. The van der Waals surface area contributed by atoms with E-state index in [-0.39, 0.29) is 23.3 Å². The average molecular weight is 264 g/mol. The molecule has 0 aromatic rings. The van der Waals surface area contributed by atoms with Gasteiger partial charge in [-0.05, 0) is 13.0 Å². The summed E-state index contributed by atoms with van der Waals surface area (Å²) in [5.41, 5.74) is 5.07. The number of ether oxygens (including phenoxy) is 1. The van der Waals surface area contributed by atoms with Crippen LogP contribution >= 0.6 is 0 Å². The Bertz CT molecular complexity index is 376. The normalized spacial score (nSPS) is 13.8. The fourth-order valence-electron chi connectivity index (χ4n) is 1.01. The van der Waals surface area contributed by atoms with Crippen molar-refractivity contribution in [2.24, 2.45) is 5.73 Å². The topological polar surface area (TPSA) is 64.3 Å². The van der Waals surface area contributed by atoms with Crippen molar-refractivity contribution in [1.82, 2.24) is 5.32 Å². The maximum atomic E-state index is 12.5. The minimum absolute atomic E-state index is 0.0543. The minimum atomic E-state index is -2.64. The highest BCUT2D eigenvalue weighted by molar-refractivity contribution is 5.91. The summed E-state index contributed by atoms with van der Waals surface area (Å²) in [5.74, 6) is -0.660. The van der Waals surface area contributed by atoms with E-state index in [1.165, 1.54) is 13.2 Å². The highest BCUT2D eigenvalue weighted by atomic mass is 19.3. The van der Waals surface area contributed by atoms with E-state index in [1.54, 1.807) is 6.92 Å². The molecule has 0 fully saturated rings. The molecule has 0 aliphatic heterocycles. The van der Waals surface area contributed by atoms with Crippen molar-refractivity contribution < 1.29 is 22.7 Å². The molecule has 0 aromatic heterocycles. The summed E-state index contributed by atoms with van der Waals surface area (Å²) < 4.78 is 40.8. The van der Waals surface area contributed by atoms with Crippen molar-refractivity contribution in [1.29, 1.82) is 0 Å². The molecule has 0 aliphatic carbocycles. The maximum Gasteiger partial charge on any atom is 0.337 e. The Morgan fingerprint density at radius 2 is 2.11 bits per heavy atom. The number of alkyl halides is 2. The number of nitrogens with two attached hydrogens (primary N) is 1. The van der Waals surface area contributed by atoms with E-state index >= 15 is 0 Å². The van der Waals surface area contributed by atoms with Crippen LogP contribution in [0.4, 0.5) is 13.2 Å². The van der Waals surface area contributed by atoms with Gasteiger partial charge in [-0.3, -0.25) is 0 Å². The number of carbonyl (C=O) groups excluding carboxylic acids is 1. The first-order valence-electron chi connectivity index (χ1n) is 5.00. The summed E-state index contributed by atoms with van der Waals surface area (Å²) in [6.45, 7) is 0.815. The zero-order valence-corrected chi connectivity index (χ0v) is 10.0. The van der Waals surface area contributed by atoms with Crippen LogP contribution in [0.15, 0.2) is 35.4 Å². The Labute approximate surface area is 103 Å². The van der Waals surface area contributed by atoms with Gasteiger partial charge in [0.1, 0.15) is 6.33 Å². The summed E-state index contributed by atoms with van der Waals surface area (Å²) >= 11 is 0. The van der Waals surface area contributed by atoms with Gasteiger partial charge in [0.15, 0.2) is 0 Å². The van der Waals surface area contributed by atoms with Crippen molar-refractivity contribution >= 4 is 5.97 Å². The summed E-state index contributed by atoms with van der Waals surface area (Å²) in [6.07, 6.45) is -0.0505. The predicted molar refractivity (Wildman–Crippen MR) is 61.2 cm³/mol. The number of nitrogens with one attached hydrogen (secondary N) is 1. The second kappa shape index (κ2) is 8.21. The number of hydrogen-bond acceptors (Lipinski definition) is 4. The molecule has 7 heteroatoms. The van der Waals surface area contributed by atoms with Gasteiger partial charge in [0.05, 0.1) is 30.6 Å². The van der Waals surface area contributed by atoms with E-state index in [0.29, 0.717) is 0 Å². The number of esters is 1. The molecule has 102 valence electrons. The van der Waals surface area contributed by atoms with E-state index in [1.807, 2.05) is 0 Å². The van der Waals surface area contributed by atoms with Gasteiger partial charge in [-0.1, -0.05) is 6.08 Å². The molecule has 0 heterocycles. The second-order valence-corrected chi connectivity index (χ2v) is 3.13. The third kappa shape index (κ3) is 5.42. The number of hydrogen-bond donors (Lipinski definition) is 2. The van der Waals surface area contributed by atoms with Crippen molar-refractivity contribution in [2.45, 2.75) is 13.3 Å². The Kier molecular flexibility index (Phi) is 7.34. The molecule has 0 aliphatic rings. The van der Waals surface area contributed by atoms with Gasteiger partial charge in [-0.15, -0.1) is 0 Å². The van der Waals surface area contributed by atoms with Crippen LogP contribution in [0.3, 0.4) is 0 Å². The SMILES string of the molecule is C\C=C(/C=C(N)\C(=C\F)NCC(F)F)C(=O)OC. The number of allylic oxidation sites excluding steroid dienone is 1. The summed E-state index contributed by atoms with van der Waals surface area (Å²) in [5, 5.41) is 2.12. The molecule has 0 saturated carbocycles. The number of rotatable bonds is 6. The molecule has 0 spiro atoms. The van der Waals surface area contributed by atoms with Crippen molar-refractivity contribution in [2.75, 3.05) is 13.7 Å². The summed E-state index contributed by atoms with van der Waals surface area (Å²) in [6, 6.07) is 0. The fourth-order valence-corrected chi connectivity index (χ4v) is 1.01. The van der Waals surface area contributed by atoms with Gasteiger partial charge in [0.2, 0.25) is 0 Å². The van der Waals surface area contributed by atoms with Crippen molar-refractivity contribution in [3.05, 3.63) is 35.4 Å². The van der Waals surface area contributed by atoms with Crippen LogP contribution < -0.4 is 11.1 Å². The van der Waals surface area contributed by atoms with Crippen LogP contribution in [0, 0.1) is 0 Å². The quantitative estimate of drug-likeness (QED) is 0.434. The highest BCUT2D eigenvalue weighted by Gasteiger charge is 2.10. The fraction of sp³-hybridized carbons (Fsp3) is 0.364. The second-order valence-electron chi connectivity index (χ2n) is 3.13. The molecule has 0 saturated heterocycles. The summed E-state index contributed by atoms with van der Waals surface area (Å²) in [7, 11) is 1.18. The van der Waals surface area contributed by atoms with Gasteiger partial charge in [0.25, 0.3) is 6.43 Å². The van der Waals surface area contributed by atoms with Gasteiger partial charge in [-0.2, -0.15) is 0 Å². The highest BCUT2D eigenvalue weighted by Crippen LogP contribution is 2.08. The first-order chi connectivity index (χ1) is 8.46. The smallest absolute Gasteiger partial charge is 0.337 e. The Hall–Kier alpha value is -1.92. The lowest BCUT2D eigenvalue weighted by Gasteiger charge is -2.09. The molecule has 0 bridgehead atoms. The van der Waals surface area contributed by atoms with Gasteiger partial charge in [0, 0.05) is 0 Å². The van der Waals surface area contributed by atoms with E-state index < -0.39 is 18.9 Å². The molecular formula is C11H15F3N2O2. The van der Waals surface area contributed by atoms with Crippen LogP contribution in [0.1, 0.15) is 6.92 Å². The van der Waals surface area contributed by atoms with Crippen LogP contribution in [0.5, 0.6) is 0 Å². The van der Waals surface area contributed by atoms with Crippen molar-refractivity contribution in [3.63, 3.8) is 0 Å². The molecule has 0 atom stereocenters. The molecule has 0 aromatic carbocycles. The number of carbonyl (C=O) groups is 1. The van der Waals surface area contributed by atoms with Gasteiger partial charge in [-0.25, -0.2) is 18.0 Å². The largest absolute Gasteiger partial charge is 0.465 e. The van der Waals surface area contributed by atoms with E-state index in [4.69, 9.17) is 5.73 Å². The van der Waals surface area contributed by atoms with E-state index in [2.05, 4.69) is 10.1 Å². The zero-order valence-electron chi connectivity index (χ0n) is 10.0. The maximum absolute atomic E-state index is 12.5. The molecule has 0 rings (SSSR count). The lowest BCUT2D eigenvalue weighted by atomic mass is 10.2. The van der Waals surface area contributed by atoms with E-state index in [0.717, 1.165) is 6.08 Å². The summed E-state index contributed by atoms with van der Waals surface area (Å²) in [4.78, 5) is 11.2. The Balaban J connectivity index is 4.88. The lowest BCUT2D eigenvalue weighted by Crippen LogP contribution is -2.24. The standard InChI is InChI=1S/C11H15F3N2O2/c1-3-7(11(17)18-2)4-8(15)9(5-12)16-6-10(13)14/h3-5,10,16H,6,15H2,1-2H3/b7-3+,8-4+,9-5-. The van der Waals surface area contributed by atoms with E-state index in [9.17, 15) is 18.0 Å². The van der Waals surface area contributed by atoms with Crippen LogP contribution in [0.2, 0.25) is 0 Å². The molecule has 0 amide bonds. The predicted octanol–water partition coefficient (Wildman–Crippen LogP) is 1.61. The van der Waals surface area contributed by atoms with Gasteiger partial charge < -0.3 is 15.8 Å². The minimum Gasteiger partial charge on any atom is -0.465 e.